The van der Waals surface area contributed by atoms with Crippen molar-refractivity contribution in [3.8, 4) is 0 Å². The highest BCUT2D eigenvalue weighted by molar-refractivity contribution is 7.18. The van der Waals surface area contributed by atoms with Crippen LogP contribution in [-0.4, -0.2) is 15.9 Å². The molecule has 2 heterocycles. The predicted molar refractivity (Wildman–Crippen MR) is 92.8 cm³/mol. The number of fused-ring (bicyclic) bond motifs is 1. The Labute approximate surface area is 140 Å². The van der Waals surface area contributed by atoms with Gasteiger partial charge in [-0.25, -0.2) is 4.98 Å². The Morgan fingerprint density at radius 2 is 2.05 bits per heavy atom. The van der Waals surface area contributed by atoms with Crippen LogP contribution in [0.5, 0.6) is 0 Å². The molecule has 22 heavy (non-hydrogen) atoms. The first-order valence-corrected chi connectivity index (χ1v) is 8.01. The molecule has 0 unspecified atom stereocenters. The van der Waals surface area contributed by atoms with E-state index in [1.54, 1.807) is 24.4 Å². The number of thiophene rings is 1. The minimum Gasteiger partial charge on any atom is -0.267 e. The predicted octanol–water partition coefficient (Wildman–Crippen LogP) is 4.26. The van der Waals surface area contributed by atoms with E-state index in [9.17, 15) is 4.79 Å². The van der Waals surface area contributed by atoms with Crippen LogP contribution >= 0.6 is 34.5 Å². The summed E-state index contributed by atoms with van der Waals surface area (Å²) >= 11 is 13.3. The SMILES string of the molecule is Cc1sc2ncn(/N=C\c3ccc(Cl)c(Cl)c3)c(=O)c2c1C. The van der Waals surface area contributed by atoms with Crippen molar-refractivity contribution < 1.29 is 0 Å². The van der Waals surface area contributed by atoms with E-state index in [0.717, 1.165) is 20.8 Å². The molecule has 0 N–H and O–H groups in total. The number of benzene rings is 1. The molecule has 7 heteroatoms. The third kappa shape index (κ3) is 2.67. The summed E-state index contributed by atoms with van der Waals surface area (Å²) in [7, 11) is 0. The molecular formula is C15H11Cl2N3OS. The lowest BCUT2D eigenvalue weighted by atomic mass is 10.2. The summed E-state index contributed by atoms with van der Waals surface area (Å²) in [5.41, 5.74) is 1.53. The lowest BCUT2D eigenvalue weighted by Gasteiger charge is -1.99. The minimum atomic E-state index is -0.178. The van der Waals surface area contributed by atoms with Gasteiger partial charge in [0.25, 0.3) is 5.56 Å². The summed E-state index contributed by atoms with van der Waals surface area (Å²) in [6.45, 7) is 3.90. The Balaban J connectivity index is 2.05. The van der Waals surface area contributed by atoms with Crippen LogP contribution in [0.3, 0.4) is 0 Å². The second-order valence-corrected chi connectivity index (χ2v) is 6.79. The van der Waals surface area contributed by atoms with Crippen LogP contribution in [0.2, 0.25) is 10.0 Å². The highest BCUT2D eigenvalue weighted by Gasteiger charge is 2.11. The van der Waals surface area contributed by atoms with Crippen molar-refractivity contribution in [3.05, 3.63) is 60.9 Å². The van der Waals surface area contributed by atoms with Crippen LogP contribution in [0.1, 0.15) is 16.0 Å². The maximum atomic E-state index is 12.5. The van der Waals surface area contributed by atoms with Gasteiger partial charge in [0.15, 0.2) is 0 Å². The molecule has 0 aliphatic heterocycles. The molecule has 0 amide bonds. The fourth-order valence-corrected chi connectivity index (χ4v) is 3.32. The third-order valence-corrected chi connectivity index (χ3v) is 5.20. The summed E-state index contributed by atoms with van der Waals surface area (Å²) in [4.78, 5) is 18.6. The molecule has 3 rings (SSSR count). The highest BCUT2D eigenvalue weighted by Crippen LogP contribution is 2.25. The Morgan fingerprint density at radius 3 is 2.77 bits per heavy atom. The second-order valence-electron chi connectivity index (χ2n) is 4.78. The number of rotatable bonds is 2. The number of hydrogen-bond acceptors (Lipinski definition) is 4. The van der Waals surface area contributed by atoms with E-state index in [1.165, 1.54) is 22.3 Å². The van der Waals surface area contributed by atoms with Crippen LogP contribution in [-0.2, 0) is 0 Å². The molecule has 0 radical (unpaired) electrons. The van der Waals surface area contributed by atoms with E-state index in [-0.39, 0.29) is 5.56 Å². The number of nitrogens with zero attached hydrogens (tertiary/aromatic N) is 3. The maximum Gasteiger partial charge on any atom is 0.282 e. The summed E-state index contributed by atoms with van der Waals surface area (Å²) < 4.78 is 1.23. The van der Waals surface area contributed by atoms with Crippen LogP contribution in [0.4, 0.5) is 0 Å². The molecule has 4 nitrogen and oxygen atoms in total. The van der Waals surface area contributed by atoms with E-state index in [2.05, 4.69) is 10.1 Å². The first-order valence-electron chi connectivity index (χ1n) is 6.44. The quantitative estimate of drug-likeness (QED) is 0.647. The van der Waals surface area contributed by atoms with Gasteiger partial charge in [0.05, 0.1) is 21.6 Å². The Kier molecular flexibility index (Phi) is 4.04. The lowest BCUT2D eigenvalue weighted by Crippen LogP contribution is -2.16. The molecular weight excluding hydrogens is 341 g/mol. The molecule has 0 aliphatic rings. The summed E-state index contributed by atoms with van der Waals surface area (Å²) in [6.07, 6.45) is 2.97. The number of aryl methyl sites for hydroxylation is 2. The zero-order chi connectivity index (χ0) is 15.9. The van der Waals surface area contributed by atoms with E-state index in [0.29, 0.717) is 15.4 Å². The molecule has 2 aromatic heterocycles. The second kappa shape index (κ2) is 5.83. The van der Waals surface area contributed by atoms with E-state index in [4.69, 9.17) is 23.2 Å². The normalized spacial score (nSPS) is 11.6. The molecule has 1 aromatic carbocycles. The van der Waals surface area contributed by atoms with Gasteiger partial charge in [-0.15, -0.1) is 11.3 Å². The van der Waals surface area contributed by atoms with Crippen LogP contribution < -0.4 is 5.56 Å². The molecule has 0 spiro atoms. The minimum absolute atomic E-state index is 0.178. The average molecular weight is 352 g/mol. The fraction of sp³-hybridized carbons (Fsp3) is 0.133. The Hall–Kier alpha value is -1.69. The Bertz CT molecular complexity index is 959. The van der Waals surface area contributed by atoms with Gasteiger partial charge in [0.2, 0.25) is 0 Å². The van der Waals surface area contributed by atoms with Gasteiger partial charge in [-0.2, -0.15) is 9.78 Å². The van der Waals surface area contributed by atoms with Gasteiger partial charge >= 0.3 is 0 Å². The van der Waals surface area contributed by atoms with Crippen molar-refractivity contribution >= 4 is 51.0 Å². The smallest absolute Gasteiger partial charge is 0.267 e. The van der Waals surface area contributed by atoms with Crippen LogP contribution in [0.15, 0.2) is 34.4 Å². The molecule has 0 bridgehead atoms. The fourth-order valence-electron chi connectivity index (χ4n) is 2.03. The summed E-state index contributed by atoms with van der Waals surface area (Å²) in [6, 6.07) is 5.14. The van der Waals surface area contributed by atoms with Gasteiger partial charge < -0.3 is 0 Å². The molecule has 0 saturated carbocycles. The van der Waals surface area contributed by atoms with E-state index < -0.39 is 0 Å². The summed E-state index contributed by atoms with van der Waals surface area (Å²) in [5, 5.41) is 5.70. The zero-order valence-electron chi connectivity index (χ0n) is 11.8. The van der Waals surface area contributed by atoms with E-state index >= 15 is 0 Å². The molecule has 112 valence electrons. The monoisotopic (exact) mass is 351 g/mol. The molecule has 0 saturated heterocycles. The van der Waals surface area contributed by atoms with Gasteiger partial charge in [-0.1, -0.05) is 29.3 Å². The van der Waals surface area contributed by atoms with Gasteiger partial charge in [0, 0.05) is 4.88 Å². The number of halogens is 2. The van der Waals surface area contributed by atoms with Crippen molar-refractivity contribution in [3.63, 3.8) is 0 Å². The van der Waals surface area contributed by atoms with Gasteiger partial charge in [-0.05, 0) is 37.1 Å². The molecule has 0 atom stereocenters. The van der Waals surface area contributed by atoms with Crippen molar-refractivity contribution in [2.24, 2.45) is 5.10 Å². The lowest BCUT2D eigenvalue weighted by molar-refractivity contribution is 0.818. The van der Waals surface area contributed by atoms with Crippen LogP contribution in [0.25, 0.3) is 10.2 Å². The van der Waals surface area contributed by atoms with Crippen molar-refractivity contribution in [2.45, 2.75) is 13.8 Å². The van der Waals surface area contributed by atoms with Gasteiger partial charge in [0.1, 0.15) is 11.2 Å². The molecule has 0 aliphatic carbocycles. The van der Waals surface area contributed by atoms with Crippen molar-refractivity contribution in [1.82, 2.24) is 9.66 Å². The molecule has 0 fully saturated rings. The molecule has 3 aromatic rings. The van der Waals surface area contributed by atoms with Gasteiger partial charge in [-0.3, -0.25) is 4.79 Å². The van der Waals surface area contributed by atoms with E-state index in [1.807, 2.05) is 13.8 Å². The average Bonchev–Trinajstić information content (AvgIpc) is 2.78. The number of aromatic nitrogens is 2. The topological polar surface area (TPSA) is 47.2 Å². The standard InChI is InChI=1S/C15H11Cl2N3OS/c1-8-9(2)22-14-13(8)15(21)20(7-18-14)19-6-10-3-4-11(16)12(17)5-10/h3-7H,1-2H3/b19-6-. The highest BCUT2D eigenvalue weighted by atomic mass is 35.5. The zero-order valence-corrected chi connectivity index (χ0v) is 14.1. The van der Waals surface area contributed by atoms with Crippen molar-refractivity contribution in [1.29, 1.82) is 0 Å². The number of hydrogen-bond donors (Lipinski definition) is 0. The first-order chi connectivity index (χ1) is 10.5. The Morgan fingerprint density at radius 1 is 1.27 bits per heavy atom. The maximum absolute atomic E-state index is 12.5. The first kappa shape index (κ1) is 15.2. The third-order valence-electron chi connectivity index (χ3n) is 3.35. The largest absolute Gasteiger partial charge is 0.282 e. The van der Waals surface area contributed by atoms with Crippen molar-refractivity contribution in [2.75, 3.05) is 0 Å². The summed E-state index contributed by atoms with van der Waals surface area (Å²) in [5.74, 6) is 0. The van der Waals surface area contributed by atoms with Crippen LogP contribution in [0, 0.1) is 13.8 Å².